The highest BCUT2D eigenvalue weighted by Gasteiger charge is 2.24. The van der Waals surface area contributed by atoms with E-state index in [4.69, 9.17) is 4.74 Å². The second-order valence-corrected chi connectivity index (χ2v) is 5.44. The van der Waals surface area contributed by atoms with Gasteiger partial charge in [0.05, 0.1) is 6.61 Å². The van der Waals surface area contributed by atoms with Gasteiger partial charge in [-0.25, -0.2) is 4.98 Å². The third-order valence-corrected chi connectivity index (χ3v) is 3.72. The lowest BCUT2D eigenvalue weighted by atomic mass is 10.2. The van der Waals surface area contributed by atoms with Crippen LogP contribution in [0.25, 0.3) is 0 Å². The summed E-state index contributed by atoms with van der Waals surface area (Å²) in [5.74, 6) is 1.08. The molecule has 1 saturated heterocycles. The molecule has 0 aromatic carbocycles. The molecule has 1 aliphatic rings. The van der Waals surface area contributed by atoms with Crippen molar-refractivity contribution in [3.05, 3.63) is 22.8 Å². The molecule has 0 amide bonds. The van der Waals surface area contributed by atoms with E-state index in [0.717, 1.165) is 36.5 Å². The van der Waals surface area contributed by atoms with Gasteiger partial charge < -0.3 is 15.0 Å². The molecule has 1 aromatic heterocycles. The van der Waals surface area contributed by atoms with Crippen molar-refractivity contribution in [2.45, 2.75) is 18.9 Å². The average molecular weight is 314 g/mol. The zero-order chi connectivity index (χ0) is 12.8. The molecule has 18 heavy (non-hydrogen) atoms. The Balaban J connectivity index is 1.88. The van der Waals surface area contributed by atoms with E-state index in [-0.39, 0.29) is 0 Å². The fourth-order valence-electron chi connectivity index (χ4n) is 2.33. The third-order valence-electron chi connectivity index (χ3n) is 3.25. The number of ether oxygens (including phenoxy) is 1. The fraction of sp³-hybridized carbons (Fsp3) is 0.615. The van der Waals surface area contributed by atoms with Gasteiger partial charge in [0.2, 0.25) is 0 Å². The summed E-state index contributed by atoms with van der Waals surface area (Å²) in [6.45, 7) is 3.78. The number of methoxy groups -OCH3 is 1. The number of nitrogens with one attached hydrogen (secondary N) is 1. The smallest absolute Gasteiger partial charge is 0.128 e. The summed E-state index contributed by atoms with van der Waals surface area (Å²) in [4.78, 5) is 6.88. The van der Waals surface area contributed by atoms with E-state index >= 15 is 0 Å². The highest BCUT2D eigenvalue weighted by molar-refractivity contribution is 9.10. The molecule has 0 saturated carbocycles. The van der Waals surface area contributed by atoms with Gasteiger partial charge in [-0.3, -0.25) is 0 Å². The predicted molar refractivity (Wildman–Crippen MR) is 77.1 cm³/mol. The second-order valence-electron chi connectivity index (χ2n) is 4.52. The van der Waals surface area contributed by atoms with Crippen LogP contribution >= 0.6 is 15.9 Å². The van der Waals surface area contributed by atoms with Crippen LogP contribution in [-0.2, 0) is 4.74 Å². The zero-order valence-electron chi connectivity index (χ0n) is 10.7. The van der Waals surface area contributed by atoms with Gasteiger partial charge in [-0.15, -0.1) is 0 Å². The van der Waals surface area contributed by atoms with Crippen LogP contribution in [0.4, 0.5) is 5.82 Å². The lowest BCUT2D eigenvalue weighted by Crippen LogP contribution is -2.39. The van der Waals surface area contributed by atoms with Crippen LogP contribution in [0.2, 0.25) is 0 Å². The minimum Gasteiger partial charge on any atom is -0.383 e. The van der Waals surface area contributed by atoms with Crippen molar-refractivity contribution >= 4 is 21.7 Å². The number of nitrogens with zero attached hydrogens (tertiary/aromatic N) is 2. The fourth-order valence-corrected chi connectivity index (χ4v) is 2.56. The quantitative estimate of drug-likeness (QED) is 0.816. The first-order chi connectivity index (χ1) is 8.81. The number of aromatic nitrogens is 1. The van der Waals surface area contributed by atoms with Crippen molar-refractivity contribution in [3.8, 4) is 0 Å². The van der Waals surface area contributed by atoms with E-state index in [1.807, 2.05) is 6.20 Å². The molecule has 2 rings (SSSR count). The molecule has 1 unspecified atom stereocenters. The molecule has 5 heteroatoms. The largest absolute Gasteiger partial charge is 0.383 e. The molecule has 1 atom stereocenters. The van der Waals surface area contributed by atoms with E-state index < -0.39 is 0 Å². The molecule has 0 aliphatic carbocycles. The van der Waals surface area contributed by atoms with Crippen LogP contribution in [0.1, 0.15) is 12.8 Å². The first-order valence-corrected chi connectivity index (χ1v) is 7.18. The summed E-state index contributed by atoms with van der Waals surface area (Å²) in [7, 11) is 1.73. The molecule has 0 radical (unpaired) electrons. The van der Waals surface area contributed by atoms with E-state index in [1.54, 1.807) is 7.11 Å². The number of hydrogen-bond donors (Lipinski definition) is 1. The molecule has 1 fully saturated rings. The number of pyridine rings is 1. The van der Waals surface area contributed by atoms with Gasteiger partial charge in [-0.2, -0.15) is 0 Å². The minimum absolute atomic E-state index is 0.551. The zero-order valence-corrected chi connectivity index (χ0v) is 12.3. The highest BCUT2D eigenvalue weighted by atomic mass is 79.9. The van der Waals surface area contributed by atoms with Crippen molar-refractivity contribution in [3.63, 3.8) is 0 Å². The third kappa shape index (κ3) is 3.67. The van der Waals surface area contributed by atoms with Crippen molar-refractivity contribution < 1.29 is 4.74 Å². The molecule has 0 bridgehead atoms. The monoisotopic (exact) mass is 313 g/mol. The van der Waals surface area contributed by atoms with Gasteiger partial charge >= 0.3 is 0 Å². The number of anilines is 1. The summed E-state index contributed by atoms with van der Waals surface area (Å²) in [6, 6.07) is 4.68. The molecule has 1 aliphatic heterocycles. The Bertz CT molecular complexity index is 358. The molecule has 0 spiro atoms. The second kappa shape index (κ2) is 7.07. The molecular weight excluding hydrogens is 294 g/mol. The Hall–Kier alpha value is -0.650. The van der Waals surface area contributed by atoms with Crippen molar-refractivity contribution in [1.82, 2.24) is 10.3 Å². The summed E-state index contributed by atoms with van der Waals surface area (Å²) < 4.78 is 6.07. The number of hydrogen-bond acceptors (Lipinski definition) is 4. The van der Waals surface area contributed by atoms with Crippen LogP contribution in [-0.4, -0.2) is 44.4 Å². The predicted octanol–water partition coefficient (Wildman–Crippen LogP) is 2.05. The van der Waals surface area contributed by atoms with Crippen molar-refractivity contribution in [2.75, 3.05) is 38.3 Å². The standard InChI is InChI=1S/C13H20BrN3O/c1-18-8-6-15-10-12-3-2-7-17(12)13-5-4-11(14)9-16-13/h4-5,9,12,15H,2-3,6-8,10H2,1H3. The number of rotatable bonds is 6. The summed E-state index contributed by atoms with van der Waals surface area (Å²) in [6.07, 6.45) is 4.34. The average Bonchev–Trinajstić information content (AvgIpc) is 2.84. The first kappa shape index (κ1) is 13.8. The first-order valence-electron chi connectivity index (χ1n) is 6.39. The normalized spacial score (nSPS) is 19.4. The summed E-state index contributed by atoms with van der Waals surface area (Å²) in [5, 5.41) is 3.44. The minimum atomic E-state index is 0.551. The van der Waals surface area contributed by atoms with Gasteiger partial charge in [0.25, 0.3) is 0 Å². The van der Waals surface area contributed by atoms with Crippen LogP contribution < -0.4 is 10.2 Å². The maximum atomic E-state index is 5.04. The molecular formula is C13H20BrN3O. The summed E-state index contributed by atoms with van der Waals surface area (Å²) >= 11 is 3.42. The van der Waals surface area contributed by atoms with Gasteiger partial charge in [0, 0.05) is 43.5 Å². The number of halogens is 1. The highest BCUT2D eigenvalue weighted by Crippen LogP contribution is 2.24. The molecule has 1 aromatic rings. The van der Waals surface area contributed by atoms with Crippen LogP contribution in [0.5, 0.6) is 0 Å². The Labute approximate surface area is 117 Å². The molecule has 1 N–H and O–H groups in total. The topological polar surface area (TPSA) is 37.4 Å². The maximum Gasteiger partial charge on any atom is 0.128 e. The molecule has 2 heterocycles. The van der Waals surface area contributed by atoms with E-state index in [1.165, 1.54) is 12.8 Å². The lowest BCUT2D eigenvalue weighted by molar-refractivity contribution is 0.199. The van der Waals surface area contributed by atoms with Crippen LogP contribution in [0.3, 0.4) is 0 Å². The van der Waals surface area contributed by atoms with Gasteiger partial charge in [-0.1, -0.05) is 0 Å². The molecule has 100 valence electrons. The van der Waals surface area contributed by atoms with Crippen LogP contribution in [0.15, 0.2) is 22.8 Å². The Kier molecular flexibility index (Phi) is 5.41. The van der Waals surface area contributed by atoms with E-state index in [0.29, 0.717) is 6.04 Å². The molecule has 4 nitrogen and oxygen atoms in total. The maximum absolute atomic E-state index is 5.04. The van der Waals surface area contributed by atoms with E-state index in [2.05, 4.69) is 43.3 Å². The SMILES string of the molecule is COCCNCC1CCCN1c1ccc(Br)cn1. The van der Waals surface area contributed by atoms with Crippen LogP contribution in [0, 0.1) is 0 Å². The Morgan fingerprint density at radius 3 is 3.17 bits per heavy atom. The Morgan fingerprint density at radius 2 is 2.44 bits per heavy atom. The Morgan fingerprint density at radius 1 is 1.56 bits per heavy atom. The lowest BCUT2D eigenvalue weighted by Gasteiger charge is -2.26. The van der Waals surface area contributed by atoms with Gasteiger partial charge in [-0.05, 0) is 40.9 Å². The van der Waals surface area contributed by atoms with Gasteiger partial charge in [0.15, 0.2) is 0 Å². The van der Waals surface area contributed by atoms with Crippen molar-refractivity contribution in [2.24, 2.45) is 0 Å². The van der Waals surface area contributed by atoms with Gasteiger partial charge in [0.1, 0.15) is 5.82 Å². The van der Waals surface area contributed by atoms with Crippen molar-refractivity contribution in [1.29, 1.82) is 0 Å². The summed E-state index contributed by atoms with van der Waals surface area (Å²) in [5.41, 5.74) is 0. The van der Waals surface area contributed by atoms with E-state index in [9.17, 15) is 0 Å².